The Bertz CT molecular complexity index is 1270. The van der Waals surface area contributed by atoms with Crippen molar-refractivity contribution >= 4 is 25.6 Å². The topological polar surface area (TPSA) is 44.1 Å². The van der Waals surface area contributed by atoms with Crippen LogP contribution in [0.3, 0.4) is 0 Å². The molecule has 182 valence electrons. The van der Waals surface area contributed by atoms with Gasteiger partial charge in [0.05, 0.1) is 16.3 Å². The number of rotatable bonds is 5. The van der Waals surface area contributed by atoms with Crippen LogP contribution >= 0.6 is 11.6 Å². The van der Waals surface area contributed by atoms with E-state index in [0.29, 0.717) is 11.4 Å². The molecule has 4 nitrogen and oxygen atoms in total. The number of aromatic nitrogens is 2. The highest BCUT2D eigenvalue weighted by Gasteiger charge is 2.27. The predicted molar refractivity (Wildman–Crippen MR) is 140 cm³/mol. The summed E-state index contributed by atoms with van der Waals surface area (Å²) in [5, 5.41) is 0.00931. The smallest absolute Gasteiger partial charge is 0.358 e. The molecule has 2 aromatic carbocycles. The van der Waals surface area contributed by atoms with Gasteiger partial charge in [-0.15, -0.1) is 5.54 Å². The van der Waals surface area contributed by atoms with Gasteiger partial charge in [-0.2, -0.15) is 0 Å². The van der Waals surface area contributed by atoms with Crippen LogP contribution < -0.4 is 0 Å². The van der Waals surface area contributed by atoms with E-state index in [1.165, 1.54) is 12.5 Å². The average Bonchev–Trinajstić information content (AvgIpc) is 3.29. The van der Waals surface area contributed by atoms with Crippen molar-refractivity contribution < 1.29 is 13.9 Å². The SMILES string of the molecule is C[Si](C)(C)C#Cc1ccc(Cl)c(F)c1-n1cc(C(=O)OCc2ccccc2)nc1C1CCCCC1. The maximum absolute atomic E-state index is 15.5. The van der Waals surface area contributed by atoms with Gasteiger partial charge in [0.25, 0.3) is 0 Å². The first-order valence-corrected chi connectivity index (χ1v) is 15.9. The summed E-state index contributed by atoms with van der Waals surface area (Å²) >= 11 is 6.21. The molecule has 7 heteroatoms. The monoisotopic (exact) mass is 508 g/mol. The van der Waals surface area contributed by atoms with Crippen LogP contribution in [0.25, 0.3) is 5.69 Å². The number of imidazole rings is 1. The first-order valence-electron chi connectivity index (χ1n) is 12.0. The van der Waals surface area contributed by atoms with Gasteiger partial charge in [-0.3, -0.25) is 4.57 Å². The summed E-state index contributed by atoms with van der Waals surface area (Å²) < 4.78 is 22.8. The molecule has 0 saturated heterocycles. The Labute approximate surface area is 212 Å². The van der Waals surface area contributed by atoms with E-state index in [4.69, 9.17) is 16.3 Å². The van der Waals surface area contributed by atoms with Crippen molar-refractivity contribution in [2.24, 2.45) is 0 Å². The highest BCUT2D eigenvalue weighted by Crippen LogP contribution is 2.35. The average molecular weight is 509 g/mol. The minimum atomic E-state index is -1.71. The lowest BCUT2D eigenvalue weighted by atomic mass is 9.88. The summed E-state index contributed by atoms with van der Waals surface area (Å²) in [5.74, 6) is 2.86. The molecule has 1 aliphatic carbocycles. The lowest BCUT2D eigenvalue weighted by molar-refractivity contribution is 0.0466. The van der Waals surface area contributed by atoms with Gasteiger partial charge in [-0.05, 0) is 30.5 Å². The number of benzene rings is 2. The summed E-state index contributed by atoms with van der Waals surface area (Å²) in [6.07, 6.45) is 6.77. The number of halogens is 2. The van der Waals surface area contributed by atoms with E-state index in [0.717, 1.165) is 31.2 Å². The van der Waals surface area contributed by atoms with Crippen molar-refractivity contribution in [1.29, 1.82) is 0 Å². The maximum atomic E-state index is 15.5. The van der Waals surface area contributed by atoms with Crippen LogP contribution in [0.1, 0.15) is 65.5 Å². The summed E-state index contributed by atoms with van der Waals surface area (Å²) in [5.41, 5.74) is 5.14. The molecule has 1 aliphatic rings. The number of carbonyl (C=O) groups excluding carboxylic acids is 1. The predicted octanol–water partition coefficient (Wildman–Crippen LogP) is 7.30. The van der Waals surface area contributed by atoms with E-state index in [1.807, 2.05) is 30.3 Å². The van der Waals surface area contributed by atoms with Gasteiger partial charge in [0.15, 0.2) is 11.5 Å². The molecular formula is C28H30ClFN2O2Si. The third-order valence-electron chi connectivity index (χ3n) is 6.01. The Kier molecular flexibility index (Phi) is 7.78. The summed E-state index contributed by atoms with van der Waals surface area (Å²) in [6, 6.07) is 12.8. The fourth-order valence-corrected chi connectivity index (χ4v) is 4.91. The summed E-state index contributed by atoms with van der Waals surface area (Å²) in [4.78, 5) is 17.6. The molecular weight excluding hydrogens is 479 g/mol. The second-order valence-corrected chi connectivity index (χ2v) is 15.2. The molecule has 0 radical (unpaired) electrons. The zero-order valence-corrected chi connectivity index (χ0v) is 22.2. The maximum Gasteiger partial charge on any atom is 0.358 e. The molecule has 1 saturated carbocycles. The lowest BCUT2D eigenvalue weighted by Crippen LogP contribution is -2.17. The molecule has 1 aromatic heterocycles. The van der Waals surface area contributed by atoms with Gasteiger partial charge in [-0.25, -0.2) is 14.2 Å². The van der Waals surface area contributed by atoms with Crippen LogP contribution in [0, 0.1) is 17.3 Å². The van der Waals surface area contributed by atoms with Gasteiger partial charge in [0.2, 0.25) is 0 Å². The summed E-state index contributed by atoms with van der Waals surface area (Å²) in [6.45, 7) is 6.55. The number of carbonyl (C=O) groups is 1. The zero-order valence-electron chi connectivity index (χ0n) is 20.4. The molecule has 0 bridgehead atoms. The van der Waals surface area contributed by atoms with Gasteiger partial charge >= 0.3 is 5.97 Å². The van der Waals surface area contributed by atoms with Crippen LogP contribution in [-0.2, 0) is 11.3 Å². The second-order valence-electron chi connectivity index (χ2n) is 10.0. The third-order valence-corrected chi connectivity index (χ3v) is 7.17. The number of esters is 1. The molecule has 0 amide bonds. The van der Waals surface area contributed by atoms with E-state index >= 15 is 4.39 Å². The minimum Gasteiger partial charge on any atom is -0.456 e. The quantitative estimate of drug-likeness (QED) is 0.206. The van der Waals surface area contributed by atoms with Gasteiger partial charge in [0, 0.05) is 12.1 Å². The summed E-state index contributed by atoms with van der Waals surface area (Å²) in [7, 11) is -1.71. The van der Waals surface area contributed by atoms with Crippen molar-refractivity contribution in [2.75, 3.05) is 0 Å². The lowest BCUT2D eigenvalue weighted by Gasteiger charge is -2.23. The highest BCUT2D eigenvalue weighted by atomic mass is 35.5. The van der Waals surface area contributed by atoms with Crippen LogP contribution in [0.5, 0.6) is 0 Å². The molecule has 0 spiro atoms. The molecule has 0 aliphatic heterocycles. The largest absolute Gasteiger partial charge is 0.456 e. The highest BCUT2D eigenvalue weighted by molar-refractivity contribution is 6.83. The molecule has 3 aromatic rings. The van der Waals surface area contributed by atoms with E-state index in [9.17, 15) is 4.79 Å². The van der Waals surface area contributed by atoms with E-state index in [-0.39, 0.29) is 28.9 Å². The van der Waals surface area contributed by atoms with Crippen LogP contribution in [0.15, 0.2) is 48.7 Å². The fraction of sp³-hybridized carbons (Fsp3) is 0.357. The Morgan fingerprint density at radius 3 is 2.54 bits per heavy atom. The van der Waals surface area contributed by atoms with Crippen LogP contribution in [0.2, 0.25) is 24.7 Å². The van der Waals surface area contributed by atoms with Gasteiger partial charge in [-0.1, -0.05) is 86.8 Å². The van der Waals surface area contributed by atoms with Crippen molar-refractivity contribution in [1.82, 2.24) is 9.55 Å². The standard InChI is InChI=1S/C28H30ClFN2O2Si/c1-35(2,3)17-16-21-14-15-23(29)25(30)26(21)32-18-24(31-27(32)22-12-8-5-9-13-22)28(33)34-19-20-10-6-4-7-11-20/h4,6-7,10-11,14-15,18,22H,5,8-9,12-13,19H2,1-3H3. The van der Waals surface area contributed by atoms with Gasteiger partial charge < -0.3 is 4.74 Å². The Morgan fingerprint density at radius 1 is 1.14 bits per heavy atom. The van der Waals surface area contributed by atoms with E-state index in [2.05, 4.69) is 36.1 Å². The van der Waals surface area contributed by atoms with E-state index in [1.54, 1.807) is 16.8 Å². The molecule has 0 unspecified atom stereocenters. The molecule has 0 N–H and O–H groups in total. The van der Waals surface area contributed by atoms with Crippen molar-refractivity contribution in [3.05, 3.63) is 82.1 Å². The molecule has 0 atom stereocenters. The Hall–Kier alpha value is -2.88. The zero-order chi connectivity index (χ0) is 25.0. The van der Waals surface area contributed by atoms with Crippen molar-refractivity contribution in [3.63, 3.8) is 0 Å². The first kappa shape index (κ1) is 25.2. The molecule has 1 fully saturated rings. The Morgan fingerprint density at radius 2 is 1.86 bits per heavy atom. The Balaban J connectivity index is 1.77. The fourth-order valence-electron chi connectivity index (χ4n) is 4.25. The van der Waals surface area contributed by atoms with Crippen LogP contribution in [-0.4, -0.2) is 23.6 Å². The molecule has 1 heterocycles. The number of ether oxygens (including phenoxy) is 1. The van der Waals surface area contributed by atoms with Crippen molar-refractivity contribution in [2.45, 2.75) is 64.3 Å². The van der Waals surface area contributed by atoms with E-state index < -0.39 is 19.9 Å². The second kappa shape index (κ2) is 10.8. The number of hydrogen-bond acceptors (Lipinski definition) is 3. The number of nitrogens with zero attached hydrogens (tertiary/aromatic N) is 2. The first-order chi connectivity index (χ1) is 16.7. The molecule has 4 rings (SSSR count). The van der Waals surface area contributed by atoms with Crippen molar-refractivity contribution in [3.8, 4) is 17.2 Å². The minimum absolute atomic E-state index is 0.00931. The molecule has 35 heavy (non-hydrogen) atoms. The normalized spacial score (nSPS) is 14.3. The van der Waals surface area contributed by atoms with Gasteiger partial charge in [0.1, 0.15) is 20.5 Å². The third kappa shape index (κ3) is 6.22. The number of hydrogen-bond donors (Lipinski definition) is 0. The van der Waals surface area contributed by atoms with Crippen LogP contribution in [0.4, 0.5) is 4.39 Å².